The molecule has 2 aromatic rings. The number of hydrogen-bond acceptors (Lipinski definition) is 3. The molecule has 0 spiro atoms. The zero-order valence-corrected chi connectivity index (χ0v) is 17.9. The molecule has 0 heterocycles. The molecule has 1 amide bonds. The van der Waals surface area contributed by atoms with E-state index < -0.39 is 0 Å². The van der Waals surface area contributed by atoms with Gasteiger partial charge in [0.15, 0.2) is 0 Å². The minimum Gasteiger partial charge on any atom is -0.493 e. The lowest BCUT2D eigenvalue weighted by molar-refractivity contribution is -0.133. The van der Waals surface area contributed by atoms with Gasteiger partial charge in [0.2, 0.25) is 5.91 Å². The molecule has 4 nitrogen and oxygen atoms in total. The Morgan fingerprint density at radius 1 is 1.07 bits per heavy atom. The smallest absolute Gasteiger partial charge is 0.227 e. The van der Waals surface area contributed by atoms with Gasteiger partial charge in [-0.05, 0) is 55.4 Å². The van der Waals surface area contributed by atoms with Crippen LogP contribution >= 0.6 is 0 Å². The van der Waals surface area contributed by atoms with Crippen molar-refractivity contribution in [3.63, 3.8) is 0 Å². The molecule has 0 saturated heterocycles. The van der Waals surface area contributed by atoms with Crippen LogP contribution in [-0.2, 0) is 17.8 Å². The average Bonchev–Trinajstić information content (AvgIpc) is 3.12. The summed E-state index contributed by atoms with van der Waals surface area (Å²) in [6.07, 6.45) is 3.27. The first-order chi connectivity index (χ1) is 13.9. The number of benzene rings is 2. The molecule has 0 aromatic heterocycles. The summed E-state index contributed by atoms with van der Waals surface area (Å²) >= 11 is 0. The molecule has 1 aliphatic rings. The quantitative estimate of drug-likeness (QED) is 0.718. The Kier molecular flexibility index (Phi) is 7.32. The van der Waals surface area contributed by atoms with Gasteiger partial charge in [-0.1, -0.05) is 55.8 Å². The molecule has 2 aromatic carbocycles. The lowest BCUT2D eigenvalue weighted by atomic mass is 10.1. The van der Waals surface area contributed by atoms with E-state index in [4.69, 9.17) is 10.5 Å². The number of aryl methyl sites for hydroxylation is 1. The van der Waals surface area contributed by atoms with Crippen LogP contribution in [0.3, 0.4) is 0 Å². The highest BCUT2D eigenvalue weighted by atomic mass is 16.5. The molecule has 1 fully saturated rings. The molecular formula is C25H34N2O2. The fraction of sp³-hybridized carbons (Fsp3) is 0.480. The van der Waals surface area contributed by atoms with E-state index in [-0.39, 0.29) is 18.0 Å². The Balaban J connectivity index is 1.68. The average molecular weight is 395 g/mol. The van der Waals surface area contributed by atoms with Gasteiger partial charge in [-0.2, -0.15) is 0 Å². The summed E-state index contributed by atoms with van der Waals surface area (Å²) < 4.78 is 5.75. The van der Waals surface area contributed by atoms with Crippen molar-refractivity contribution in [3.05, 3.63) is 65.2 Å². The van der Waals surface area contributed by atoms with Crippen molar-refractivity contribution in [3.8, 4) is 5.75 Å². The molecule has 0 unspecified atom stereocenters. The fourth-order valence-corrected chi connectivity index (χ4v) is 3.83. The Morgan fingerprint density at radius 3 is 2.31 bits per heavy atom. The van der Waals surface area contributed by atoms with Gasteiger partial charge >= 0.3 is 0 Å². The van der Waals surface area contributed by atoms with Crippen LogP contribution in [-0.4, -0.2) is 29.5 Å². The maximum atomic E-state index is 13.2. The first-order valence-corrected chi connectivity index (χ1v) is 10.7. The molecule has 2 N–H and O–H groups in total. The summed E-state index contributed by atoms with van der Waals surface area (Å²) in [5, 5.41) is 0. The van der Waals surface area contributed by atoms with Gasteiger partial charge < -0.3 is 15.4 Å². The van der Waals surface area contributed by atoms with E-state index >= 15 is 0 Å². The maximum absolute atomic E-state index is 13.2. The Bertz CT molecular complexity index is 783. The predicted octanol–water partition coefficient (Wildman–Crippen LogP) is 4.48. The van der Waals surface area contributed by atoms with Crippen LogP contribution in [0.1, 0.15) is 49.8 Å². The van der Waals surface area contributed by atoms with E-state index in [2.05, 4.69) is 45.0 Å². The molecule has 0 bridgehead atoms. The van der Waals surface area contributed by atoms with Crippen LogP contribution in [0.25, 0.3) is 0 Å². The van der Waals surface area contributed by atoms with Crippen LogP contribution in [0.4, 0.5) is 0 Å². The highest BCUT2D eigenvalue weighted by Crippen LogP contribution is 2.26. The van der Waals surface area contributed by atoms with E-state index in [0.717, 1.165) is 30.6 Å². The third kappa shape index (κ3) is 6.33. The fourth-order valence-electron chi connectivity index (χ4n) is 3.83. The normalized spacial score (nSPS) is 18.8. The number of carbonyl (C=O) groups excluding carboxylic acids is 1. The van der Waals surface area contributed by atoms with Crippen molar-refractivity contribution in [2.24, 2.45) is 11.7 Å². The number of ether oxygens (including phenoxy) is 1. The number of rotatable bonds is 8. The molecule has 29 heavy (non-hydrogen) atoms. The van der Waals surface area contributed by atoms with Gasteiger partial charge in [0.05, 0.1) is 13.0 Å². The van der Waals surface area contributed by atoms with E-state index in [9.17, 15) is 4.79 Å². The third-order valence-corrected chi connectivity index (χ3v) is 5.54. The zero-order valence-electron chi connectivity index (χ0n) is 17.9. The zero-order chi connectivity index (χ0) is 20.8. The first-order valence-electron chi connectivity index (χ1n) is 10.7. The van der Waals surface area contributed by atoms with Crippen LogP contribution in [0.15, 0.2) is 48.5 Å². The monoisotopic (exact) mass is 394 g/mol. The van der Waals surface area contributed by atoms with Gasteiger partial charge in [0, 0.05) is 18.6 Å². The third-order valence-electron chi connectivity index (χ3n) is 5.54. The largest absolute Gasteiger partial charge is 0.493 e. The lowest BCUT2D eigenvalue weighted by Gasteiger charge is -2.29. The number of hydrogen-bond donors (Lipinski definition) is 1. The van der Waals surface area contributed by atoms with Crippen LogP contribution in [0, 0.1) is 12.8 Å². The van der Waals surface area contributed by atoms with Crippen molar-refractivity contribution < 1.29 is 9.53 Å². The lowest BCUT2D eigenvalue weighted by Crippen LogP contribution is -2.40. The molecule has 4 heteroatoms. The molecule has 156 valence electrons. The Morgan fingerprint density at radius 2 is 1.72 bits per heavy atom. The topological polar surface area (TPSA) is 55.6 Å². The van der Waals surface area contributed by atoms with E-state index in [1.807, 2.05) is 29.2 Å². The molecule has 0 radical (unpaired) electrons. The second-order valence-electron chi connectivity index (χ2n) is 8.76. The molecule has 0 aliphatic heterocycles. The number of nitrogens with two attached hydrogens (primary N) is 1. The van der Waals surface area contributed by atoms with Gasteiger partial charge in [-0.25, -0.2) is 0 Å². The second kappa shape index (κ2) is 9.93. The SMILES string of the molecule is Cc1ccc(CN(C(=O)Cc2ccc(OCC(C)C)cc2)[C@H]2CC[C@H](N)C2)cc1. The van der Waals surface area contributed by atoms with Gasteiger partial charge in [-0.15, -0.1) is 0 Å². The van der Waals surface area contributed by atoms with E-state index in [1.54, 1.807) is 0 Å². The number of amides is 1. The Labute approximate surface area is 175 Å². The molecule has 1 saturated carbocycles. The van der Waals surface area contributed by atoms with Gasteiger partial charge in [0.1, 0.15) is 5.75 Å². The standard InChI is InChI=1S/C25H34N2O2/c1-18(2)17-29-24-12-8-20(9-13-24)14-25(28)27(23-11-10-22(26)15-23)16-21-6-4-19(3)5-7-21/h4-9,12-13,18,22-23H,10-11,14-17,26H2,1-3H3/t22-,23-/m0/s1. The summed E-state index contributed by atoms with van der Waals surface area (Å²) in [7, 11) is 0. The van der Waals surface area contributed by atoms with Crippen LogP contribution in [0.2, 0.25) is 0 Å². The summed E-state index contributed by atoms with van der Waals surface area (Å²) in [6.45, 7) is 7.68. The van der Waals surface area contributed by atoms with Crippen molar-refractivity contribution in [1.82, 2.24) is 4.90 Å². The Hall–Kier alpha value is -2.33. The van der Waals surface area contributed by atoms with Crippen molar-refractivity contribution in [2.75, 3.05) is 6.61 Å². The highest BCUT2D eigenvalue weighted by molar-refractivity contribution is 5.79. The maximum Gasteiger partial charge on any atom is 0.227 e. The van der Waals surface area contributed by atoms with Gasteiger partial charge in [0.25, 0.3) is 0 Å². The van der Waals surface area contributed by atoms with Crippen LogP contribution < -0.4 is 10.5 Å². The summed E-state index contributed by atoms with van der Waals surface area (Å²) in [5.74, 6) is 1.51. The number of carbonyl (C=O) groups is 1. The summed E-state index contributed by atoms with van der Waals surface area (Å²) in [4.78, 5) is 15.3. The molecular weight excluding hydrogens is 360 g/mol. The van der Waals surface area contributed by atoms with Gasteiger partial charge in [-0.3, -0.25) is 4.79 Å². The predicted molar refractivity (Wildman–Crippen MR) is 118 cm³/mol. The molecule has 3 rings (SSSR count). The van der Waals surface area contributed by atoms with Crippen molar-refractivity contribution in [1.29, 1.82) is 0 Å². The second-order valence-corrected chi connectivity index (χ2v) is 8.76. The molecule has 1 aliphatic carbocycles. The van der Waals surface area contributed by atoms with E-state index in [1.165, 1.54) is 11.1 Å². The number of nitrogens with zero attached hydrogens (tertiary/aromatic N) is 1. The minimum atomic E-state index is 0.167. The summed E-state index contributed by atoms with van der Waals surface area (Å²) in [6, 6.07) is 16.8. The van der Waals surface area contributed by atoms with Crippen LogP contribution in [0.5, 0.6) is 5.75 Å². The first kappa shape index (κ1) is 21.4. The van der Waals surface area contributed by atoms with Crippen molar-refractivity contribution >= 4 is 5.91 Å². The van der Waals surface area contributed by atoms with Crippen molar-refractivity contribution in [2.45, 2.75) is 65.1 Å². The highest BCUT2D eigenvalue weighted by Gasteiger charge is 2.30. The minimum absolute atomic E-state index is 0.167. The molecule has 2 atom stereocenters. The summed E-state index contributed by atoms with van der Waals surface area (Å²) in [5.41, 5.74) is 9.56. The van der Waals surface area contributed by atoms with E-state index in [0.29, 0.717) is 25.5 Å².